The molecule has 26 heavy (non-hydrogen) atoms. The van der Waals surface area contributed by atoms with Gasteiger partial charge in [0, 0.05) is 21.1 Å². The normalized spacial score (nSPS) is 12.3. The molecule has 0 bridgehead atoms. The Morgan fingerprint density at radius 1 is 0.923 bits per heavy atom. The van der Waals surface area contributed by atoms with Gasteiger partial charge in [-0.1, -0.05) is 101 Å². The van der Waals surface area contributed by atoms with Gasteiger partial charge in [0.15, 0.2) is 0 Å². The van der Waals surface area contributed by atoms with E-state index in [1.807, 2.05) is 60.7 Å². The monoisotopic (exact) mass is 440 g/mol. The molecule has 0 aliphatic carbocycles. The third-order valence-corrected chi connectivity index (χ3v) is 8.92. The Balaban J connectivity index is 2.07. The molecule has 0 aromatic heterocycles. The summed E-state index contributed by atoms with van der Waals surface area (Å²) >= 11 is 9.76. The number of benzene rings is 3. The number of hydrogen-bond acceptors (Lipinski definition) is 2. The van der Waals surface area contributed by atoms with Crippen LogP contribution in [-0.4, -0.2) is 0 Å². The molecule has 0 aliphatic rings. The standard InChI is InChI=1S/C21H18BrN2PS/c22-18-9-7-8-17(16-18)21(14-15-23)24-25(26,19-10-3-1-4-11-19)20-12-5-2-6-13-20/h1-13,16,21H,14H2,(H,24,26)/t21-/m0/s1. The van der Waals surface area contributed by atoms with E-state index in [1.54, 1.807) is 0 Å². The van der Waals surface area contributed by atoms with E-state index < -0.39 is 6.19 Å². The number of nitrogens with one attached hydrogen (secondary N) is 1. The topological polar surface area (TPSA) is 35.8 Å². The van der Waals surface area contributed by atoms with Crippen LogP contribution in [0.15, 0.2) is 89.4 Å². The van der Waals surface area contributed by atoms with Gasteiger partial charge in [-0.05, 0) is 17.7 Å². The van der Waals surface area contributed by atoms with Gasteiger partial charge in [0.25, 0.3) is 0 Å². The minimum atomic E-state index is -2.27. The van der Waals surface area contributed by atoms with Crippen LogP contribution >= 0.6 is 22.1 Å². The van der Waals surface area contributed by atoms with Crippen molar-refractivity contribution in [3.05, 3.63) is 95.0 Å². The SMILES string of the molecule is N#CC[C@H](NP(=S)(c1ccccc1)c1ccccc1)c1cccc(Br)c1. The van der Waals surface area contributed by atoms with Crippen LogP contribution in [0.1, 0.15) is 18.0 Å². The van der Waals surface area contributed by atoms with Crippen molar-refractivity contribution >= 4 is 44.5 Å². The summed E-state index contributed by atoms with van der Waals surface area (Å²) in [6.07, 6.45) is -1.92. The Labute approximate surface area is 168 Å². The Bertz CT molecular complexity index is 911. The predicted octanol–water partition coefficient (Wildman–Crippen LogP) is 5.04. The van der Waals surface area contributed by atoms with Gasteiger partial charge in [-0.25, -0.2) is 0 Å². The van der Waals surface area contributed by atoms with Crippen molar-refractivity contribution in [2.45, 2.75) is 12.5 Å². The highest BCUT2D eigenvalue weighted by atomic mass is 79.9. The van der Waals surface area contributed by atoms with E-state index in [2.05, 4.69) is 51.4 Å². The lowest BCUT2D eigenvalue weighted by molar-refractivity contribution is 0.689. The highest BCUT2D eigenvalue weighted by Gasteiger charge is 2.26. The highest BCUT2D eigenvalue weighted by Crippen LogP contribution is 2.43. The van der Waals surface area contributed by atoms with Crippen LogP contribution in [0.5, 0.6) is 0 Å². The van der Waals surface area contributed by atoms with Crippen LogP contribution in [0.25, 0.3) is 0 Å². The van der Waals surface area contributed by atoms with Gasteiger partial charge in [0.05, 0.1) is 18.7 Å². The summed E-state index contributed by atoms with van der Waals surface area (Å²) in [7, 11) is 0. The molecule has 0 saturated heterocycles. The first-order valence-corrected chi connectivity index (χ1v) is 11.8. The molecule has 2 nitrogen and oxygen atoms in total. The van der Waals surface area contributed by atoms with Crippen LogP contribution < -0.4 is 15.7 Å². The quantitative estimate of drug-likeness (QED) is 0.545. The number of hydrogen-bond donors (Lipinski definition) is 1. The predicted molar refractivity (Wildman–Crippen MR) is 117 cm³/mol. The van der Waals surface area contributed by atoms with Crippen LogP contribution in [-0.2, 0) is 11.8 Å². The van der Waals surface area contributed by atoms with E-state index in [0.717, 1.165) is 20.6 Å². The van der Waals surface area contributed by atoms with E-state index in [0.29, 0.717) is 6.42 Å². The second-order valence-corrected chi connectivity index (χ2v) is 10.9. The van der Waals surface area contributed by atoms with Crippen molar-refractivity contribution < 1.29 is 0 Å². The zero-order valence-corrected chi connectivity index (χ0v) is 17.3. The average Bonchev–Trinajstić information content (AvgIpc) is 2.69. The summed E-state index contributed by atoms with van der Waals surface area (Å²) in [6, 6.07) is 30.6. The van der Waals surface area contributed by atoms with Crippen molar-refractivity contribution in [3.63, 3.8) is 0 Å². The zero-order chi connectivity index (χ0) is 18.4. The van der Waals surface area contributed by atoms with Gasteiger partial charge in [-0.2, -0.15) is 5.26 Å². The molecular formula is C21H18BrN2PS. The van der Waals surface area contributed by atoms with Crippen LogP contribution in [0.2, 0.25) is 0 Å². The fourth-order valence-corrected chi connectivity index (χ4v) is 6.83. The molecule has 0 unspecified atom stereocenters. The van der Waals surface area contributed by atoms with Gasteiger partial charge in [-0.3, -0.25) is 5.09 Å². The lowest BCUT2D eigenvalue weighted by atomic mass is 10.1. The molecule has 5 heteroatoms. The molecule has 0 amide bonds. The summed E-state index contributed by atoms with van der Waals surface area (Å²) in [5.74, 6) is 0. The molecule has 0 saturated carbocycles. The molecule has 1 N–H and O–H groups in total. The Hall–Kier alpha value is -1.76. The van der Waals surface area contributed by atoms with Gasteiger partial charge >= 0.3 is 0 Å². The molecular weight excluding hydrogens is 423 g/mol. The first-order valence-electron chi connectivity index (χ1n) is 8.25. The molecule has 0 heterocycles. The molecule has 1 atom stereocenters. The smallest absolute Gasteiger partial charge is 0.0689 e. The summed E-state index contributed by atoms with van der Waals surface area (Å²) in [5.41, 5.74) is 1.06. The minimum Gasteiger partial charge on any atom is -0.274 e. The molecule has 0 aliphatic heterocycles. The maximum absolute atomic E-state index is 9.38. The van der Waals surface area contributed by atoms with Crippen LogP contribution in [0.3, 0.4) is 0 Å². The van der Waals surface area contributed by atoms with Gasteiger partial charge in [0.1, 0.15) is 0 Å². The highest BCUT2D eigenvalue weighted by molar-refractivity contribution is 9.10. The largest absolute Gasteiger partial charge is 0.274 e. The fraction of sp³-hybridized carbons (Fsp3) is 0.0952. The van der Waals surface area contributed by atoms with Crippen molar-refractivity contribution in [1.82, 2.24) is 5.09 Å². The van der Waals surface area contributed by atoms with Crippen molar-refractivity contribution in [2.75, 3.05) is 0 Å². The van der Waals surface area contributed by atoms with Crippen LogP contribution in [0.4, 0.5) is 0 Å². The first kappa shape index (κ1) is 19.0. The third kappa shape index (κ3) is 4.31. The lowest BCUT2D eigenvalue weighted by Crippen LogP contribution is -2.30. The number of nitriles is 1. The molecule has 0 fully saturated rings. The Morgan fingerprint density at radius 3 is 2.00 bits per heavy atom. The molecule has 3 aromatic rings. The van der Waals surface area contributed by atoms with Gasteiger partial charge in [0.2, 0.25) is 0 Å². The number of rotatable bonds is 6. The van der Waals surface area contributed by atoms with Gasteiger partial charge in [-0.15, -0.1) is 0 Å². The number of nitrogens with zero attached hydrogens (tertiary/aromatic N) is 1. The second-order valence-electron chi connectivity index (χ2n) is 5.88. The average molecular weight is 441 g/mol. The third-order valence-electron chi connectivity index (χ3n) is 4.12. The van der Waals surface area contributed by atoms with Crippen molar-refractivity contribution in [1.29, 1.82) is 5.26 Å². The van der Waals surface area contributed by atoms with E-state index >= 15 is 0 Å². The Kier molecular flexibility index (Phi) is 6.40. The fourth-order valence-electron chi connectivity index (χ4n) is 2.85. The van der Waals surface area contributed by atoms with E-state index in [1.165, 1.54) is 0 Å². The van der Waals surface area contributed by atoms with Gasteiger partial charge < -0.3 is 0 Å². The molecule has 3 aromatic carbocycles. The van der Waals surface area contributed by atoms with Crippen molar-refractivity contribution in [3.8, 4) is 6.07 Å². The molecule has 0 spiro atoms. The second kappa shape index (κ2) is 8.75. The molecule has 0 radical (unpaired) electrons. The van der Waals surface area contributed by atoms with E-state index in [9.17, 15) is 5.26 Å². The summed E-state index contributed by atoms with van der Waals surface area (Å²) in [5, 5.41) is 15.3. The van der Waals surface area contributed by atoms with E-state index in [4.69, 9.17) is 11.8 Å². The molecule has 3 rings (SSSR count). The summed E-state index contributed by atoms with van der Waals surface area (Å²) in [6.45, 7) is 0. The maximum atomic E-state index is 9.38. The van der Waals surface area contributed by atoms with Crippen molar-refractivity contribution in [2.24, 2.45) is 0 Å². The summed E-state index contributed by atoms with van der Waals surface area (Å²) in [4.78, 5) is 0. The lowest BCUT2D eigenvalue weighted by Gasteiger charge is -2.29. The van der Waals surface area contributed by atoms with E-state index in [-0.39, 0.29) is 6.04 Å². The zero-order valence-electron chi connectivity index (χ0n) is 14.0. The maximum Gasteiger partial charge on any atom is 0.0689 e. The minimum absolute atomic E-state index is 0.135. The molecule has 130 valence electrons. The van der Waals surface area contributed by atoms with Crippen LogP contribution in [0, 0.1) is 11.3 Å². The first-order chi connectivity index (χ1) is 12.6. The Morgan fingerprint density at radius 2 is 1.50 bits per heavy atom. The summed E-state index contributed by atoms with van der Waals surface area (Å²) < 4.78 is 0.993. The number of halogens is 1.